The van der Waals surface area contributed by atoms with Gasteiger partial charge in [0.05, 0.1) is 13.8 Å². The third-order valence-corrected chi connectivity index (χ3v) is 6.03. The Labute approximate surface area is 221 Å². The number of aromatic hydroxyl groups is 1. The Balaban J connectivity index is -0.000000381. The standard InChI is InChI=1S/C21H25O2P.C3H8.4C2H6/c1-6-7-16(2)24(5)23-20-14-10-18(11-15-20)21(3,4)17-8-12-19(22)13-9-17;1-3-2;4*1-2/h8-16,22H,1-5H3;3H2,1-2H3;4*1-2H3. The normalized spacial score (nSPS) is 10.5. The zero-order chi connectivity index (χ0) is 28.4. The lowest BCUT2D eigenvalue weighted by Gasteiger charge is -2.26. The van der Waals surface area contributed by atoms with E-state index in [1.807, 2.05) is 86.6 Å². The fourth-order valence-electron chi connectivity index (χ4n) is 2.52. The summed E-state index contributed by atoms with van der Waals surface area (Å²) in [7, 11) is -0.611. The van der Waals surface area contributed by atoms with Crippen molar-refractivity contribution in [2.24, 2.45) is 0 Å². The van der Waals surface area contributed by atoms with E-state index < -0.39 is 8.15 Å². The molecule has 202 valence electrons. The van der Waals surface area contributed by atoms with Gasteiger partial charge in [-0.3, -0.25) is 0 Å². The second kappa shape index (κ2) is 26.6. The summed E-state index contributed by atoms with van der Waals surface area (Å²) in [5.41, 5.74) is 2.50. The molecule has 2 atom stereocenters. The lowest BCUT2D eigenvalue weighted by atomic mass is 9.78. The van der Waals surface area contributed by atoms with Crippen LogP contribution in [0.2, 0.25) is 0 Å². The minimum atomic E-state index is -0.611. The Kier molecular flexibility index (Phi) is 30.6. The van der Waals surface area contributed by atoms with Crippen molar-refractivity contribution < 1.29 is 9.63 Å². The van der Waals surface area contributed by atoms with Crippen LogP contribution in [0.5, 0.6) is 11.5 Å². The van der Waals surface area contributed by atoms with E-state index >= 15 is 0 Å². The number of phenols is 1. The summed E-state index contributed by atoms with van der Waals surface area (Å²) >= 11 is 0. The topological polar surface area (TPSA) is 29.5 Å². The summed E-state index contributed by atoms with van der Waals surface area (Å²) in [4.78, 5) is 0. The van der Waals surface area contributed by atoms with Crippen molar-refractivity contribution in [1.82, 2.24) is 0 Å². The van der Waals surface area contributed by atoms with Crippen LogP contribution in [0.15, 0.2) is 48.5 Å². The maximum Gasteiger partial charge on any atom is 0.123 e. The van der Waals surface area contributed by atoms with Crippen LogP contribution in [0.1, 0.15) is 114 Å². The van der Waals surface area contributed by atoms with Gasteiger partial charge in [0, 0.05) is 5.41 Å². The van der Waals surface area contributed by atoms with Gasteiger partial charge in [-0.1, -0.05) is 120 Å². The van der Waals surface area contributed by atoms with Crippen LogP contribution in [0, 0.1) is 11.8 Å². The third-order valence-electron chi connectivity index (χ3n) is 4.31. The summed E-state index contributed by atoms with van der Waals surface area (Å²) in [5, 5.41) is 9.47. The van der Waals surface area contributed by atoms with Crippen LogP contribution < -0.4 is 4.52 Å². The van der Waals surface area contributed by atoms with Gasteiger partial charge in [0.25, 0.3) is 0 Å². The Morgan fingerprint density at radius 3 is 1.49 bits per heavy atom. The largest absolute Gasteiger partial charge is 0.508 e. The SMILES string of the molecule is CC.CC.CC.CC.CC#CC(C)P(C)Oc1ccc(C(C)(C)c2ccc(O)cc2)cc1.CCC. The molecular formula is C32H57O2P. The van der Waals surface area contributed by atoms with E-state index in [1.54, 1.807) is 12.1 Å². The van der Waals surface area contributed by atoms with Gasteiger partial charge in [0.1, 0.15) is 11.5 Å². The highest BCUT2D eigenvalue weighted by Gasteiger charge is 2.23. The van der Waals surface area contributed by atoms with Gasteiger partial charge in [-0.05, 0) is 55.9 Å². The second-order valence-corrected chi connectivity index (χ2v) is 9.16. The Bertz CT molecular complexity index is 738. The molecule has 3 heteroatoms. The van der Waals surface area contributed by atoms with Crippen LogP contribution in [-0.4, -0.2) is 17.4 Å². The van der Waals surface area contributed by atoms with Crippen molar-refractivity contribution in [1.29, 1.82) is 0 Å². The van der Waals surface area contributed by atoms with Crippen LogP contribution in [0.4, 0.5) is 0 Å². The average molecular weight is 505 g/mol. The number of rotatable bonds is 5. The molecular weight excluding hydrogens is 447 g/mol. The summed E-state index contributed by atoms with van der Waals surface area (Å²) in [6.45, 7) is 30.7. The van der Waals surface area contributed by atoms with Crippen molar-refractivity contribution in [3.8, 4) is 23.3 Å². The van der Waals surface area contributed by atoms with Crippen molar-refractivity contribution in [2.45, 2.75) is 114 Å². The van der Waals surface area contributed by atoms with Gasteiger partial charge >= 0.3 is 0 Å². The van der Waals surface area contributed by atoms with Crippen LogP contribution in [-0.2, 0) is 5.41 Å². The van der Waals surface area contributed by atoms with Crippen molar-refractivity contribution in [3.05, 3.63) is 59.7 Å². The highest BCUT2D eigenvalue weighted by molar-refractivity contribution is 7.53. The molecule has 2 aromatic rings. The molecule has 0 amide bonds. The lowest BCUT2D eigenvalue weighted by Crippen LogP contribution is -2.18. The summed E-state index contributed by atoms with van der Waals surface area (Å²) in [6, 6.07) is 15.7. The van der Waals surface area contributed by atoms with Crippen LogP contribution in [0.25, 0.3) is 0 Å². The van der Waals surface area contributed by atoms with E-state index in [4.69, 9.17) is 4.52 Å². The first-order valence-electron chi connectivity index (χ1n) is 13.5. The molecule has 0 heterocycles. The van der Waals surface area contributed by atoms with E-state index in [1.165, 1.54) is 17.5 Å². The lowest BCUT2D eigenvalue weighted by molar-refractivity contribution is 0.474. The van der Waals surface area contributed by atoms with Gasteiger partial charge < -0.3 is 9.63 Å². The Morgan fingerprint density at radius 2 is 1.14 bits per heavy atom. The molecule has 0 radical (unpaired) electrons. The van der Waals surface area contributed by atoms with Crippen LogP contribution in [0.3, 0.4) is 0 Å². The zero-order valence-corrected chi connectivity index (χ0v) is 26.6. The van der Waals surface area contributed by atoms with Crippen molar-refractivity contribution in [2.75, 3.05) is 6.66 Å². The minimum absolute atomic E-state index is 0.135. The molecule has 2 rings (SSSR count). The van der Waals surface area contributed by atoms with Crippen LogP contribution >= 0.6 is 8.15 Å². The molecule has 2 unspecified atom stereocenters. The number of phenolic OH excluding ortho intramolecular Hbond substituents is 1. The number of hydrogen-bond donors (Lipinski definition) is 1. The predicted molar refractivity (Wildman–Crippen MR) is 164 cm³/mol. The Morgan fingerprint density at radius 1 is 0.800 bits per heavy atom. The molecule has 0 fully saturated rings. The second-order valence-electron chi connectivity index (χ2n) is 7.11. The van der Waals surface area contributed by atoms with E-state index in [9.17, 15) is 5.11 Å². The molecule has 35 heavy (non-hydrogen) atoms. The first-order chi connectivity index (χ1) is 16.8. The molecule has 0 spiro atoms. The number of benzene rings is 2. The quantitative estimate of drug-likeness (QED) is 0.324. The van der Waals surface area contributed by atoms with Gasteiger partial charge in [-0.2, -0.15) is 0 Å². The molecule has 2 aromatic carbocycles. The first kappa shape index (κ1) is 40.2. The molecule has 0 saturated heterocycles. The van der Waals surface area contributed by atoms with Gasteiger partial charge in [-0.25, -0.2) is 0 Å². The predicted octanol–water partition coefficient (Wildman–Crippen LogP) is 11.1. The summed E-state index contributed by atoms with van der Waals surface area (Å²) in [5.74, 6) is 7.29. The third kappa shape index (κ3) is 17.2. The maximum absolute atomic E-state index is 9.47. The molecule has 0 aromatic heterocycles. The molecule has 0 aliphatic rings. The van der Waals surface area contributed by atoms with Crippen molar-refractivity contribution >= 4 is 8.15 Å². The van der Waals surface area contributed by atoms with E-state index in [0.717, 1.165) is 5.75 Å². The fourth-order valence-corrected chi connectivity index (χ4v) is 3.45. The molecule has 0 bridgehead atoms. The van der Waals surface area contributed by atoms with Gasteiger partial charge in [-0.15, -0.1) is 5.92 Å². The van der Waals surface area contributed by atoms with E-state index in [2.05, 4.69) is 65.3 Å². The molecule has 0 aliphatic carbocycles. The van der Waals surface area contributed by atoms with E-state index in [0.29, 0.717) is 5.75 Å². The maximum atomic E-state index is 9.47. The number of hydrogen-bond acceptors (Lipinski definition) is 2. The van der Waals surface area contributed by atoms with Gasteiger partial charge in [0.15, 0.2) is 0 Å². The first-order valence-corrected chi connectivity index (χ1v) is 15.3. The molecule has 2 nitrogen and oxygen atoms in total. The highest BCUT2D eigenvalue weighted by Crippen LogP contribution is 2.40. The summed E-state index contributed by atoms with van der Waals surface area (Å²) < 4.78 is 6.05. The molecule has 1 N–H and O–H groups in total. The molecule has 0 aliphatic heterocycles. The summed E-state index contributed by atoms with van der Waals surface area (Å²) in [6.07, 6.45) is 1.25. The smallest absolute Gasteiger partial charge is 0.123 e. The highest BCUT2D eigenvalue weighted by atomic mass is 31.1. The average Bonchev–Trinajstić information content (AvgIpc) is 2.90. The van der Waals surface area contributed by atoms with Gasteiger partial charge in [0.2, 0.25) is 0 Å². The van der Waals surface area contributed by atoms with E-state index in [-0.39, 0.29) is 11.1 Å². The monoisotopic (exact) mass is 504 g/mol. The minimum Gasteiger partial charge on any atom is -0.508 e. The van der Waals surface area contributed by atoms with Crippen molar-refractivity contribution in [3.63, 3.8) is 0 Å². The fraction of sp³-hybridized carbons (Fsp3) is 0.562. The molecule has 0 saturated carbocycles. The Hall–Kier alpha value is -1.97. The zero-order valence-electron chi connectivity index (χ0n) is 25.7.